The van der Waals surface area contributed by atoms with Crippen molar-refractivity contribution in [3.63, 3.8) is 0 Å². The Kier molecular flexibility index (Phi) is 13.9. The molecule has 0 fully saturated rings. The second-order valence-electron chi connectivity index (χ2n) is 5.36. The maximum Gasteiger partial charge on any atom is 1.00 e. The van der Waals surface area contributed by atoms with E-state index in [4.69, 9.17) is 26.0 Å². The monoisotopic (exact) mass is 309 g/mol. The summed E-state index contributed by atoms with van der Waals surface area (Å²) >= 11 is 6.08. The smallest absolute Gasteiger partial charge is 0.564 e. The van der Waals surface area contributed by atoms with Crippen LogP contribution in [-0.2, 0) is 9.31 Å². The third-order valence-electron chi connectivity index (χ3n) is 2.08. The molecule has 0 aliphatic carbocycles. The Balaban J connectivity index is 0. The SMILES string of the molecule is CC(C)O.CC(C)O[BH-](OC(C)C)c1ncccc1Cl.[Li+]. The van der Waals surface area contributed by atoms with Crippen molar-refractivity contribution in [2.45, 2.75) is 59.9 Å². The zero-order chi connectivity index (χ0) is 15.7. The average molecular weight is 310 g/mol. The quantitative estimate of drug-likeness (QED) is 0.738. The molecule has 21 heavy (non-hydrogen) atoms. The molecule has 0 aromatic carbocycles. The summed E-state index contributed by atoms with van der Waals surface area (Å²) in [5.74, 6) is 0. The second-order valence-corrected chi connectivity index (χ2v) is 5.77. The molecule has 0 atom stereocenters. The molecule has 1 aromatic rings. The van der Waals surface area contributed by atoms with Gasteiger partial charge in [-0.1, -0.05) is 11.6 Å². The number of pyridine rings is 1. The number of rotatable bonds is 5. The number of halogens is 1. The predicted molar refractivity (Wildman–Crippen MR) is 85.8 cm³/mol. The molecular weight excluding hydrogens is 283 g/mol. The Hall–Kier alpha value is -0.0177. The van der Waals surface area contributed by atoms with E-state index in [0.717, 1.165) is 0 Å². The van der Waals surface area contributed by atoms with Crippen molar-refractivity contribution < 1.29 is 33.3 Å². The number of aromatic nitrogens is 1. The molecule has 0 spiro atoms. The van der Waals surface area contributed by atoms with Crippen LogP contribution in [0, 0.1) is 0 Å². The molecule has 1 heterocycles. The number of aliphatic hydroxyl groups excluding tert-OH is 1. The van der Waals surface area contributed by atoms with Gasteiger partial charge in [-0.2, -0.15) is 0 Å². The van der Waals surface area contributed by atoms with Crippen LogP contribution in [0.2, 0.25) is 5.02 Å². The molecule has 0 unspecified atom stereocenters. The Morgan fingerprint density at radius 2 is 1.52 bits per heavy atom. The van der Waals surface area contributed by atoms with Crippen LogP contribution < -0.4 is 24.5 Å². The fourth-order valence-electron chi connectivity index (χ4n) is 1.43. The van der Waals surface area contributed by atoms with Crippen molar-refractivity contribution in [2.75, 3.05) is 0 Å². The first-order valence-electron chi connectivity index (χ1n) is 7.00. The van der Waals surface area contributed by atoms with Crippen LogP contribution in [0.1, 0.15) is 41.5 Å². The van der Waals surface area contributed by atoms with E-state index >= 15 is 0 Å². The Labute approximate surface area is 145 Å². The molecular formula is C14H26BClLiNO3. The molecule has 0 radical (unpaired) electrons. The summed E-state index contributed by atoms with van der Waals surface area (Å²) in [6.45, 7) is 11.3. The minimum Gasteiger partial charge on any atom is -0.564 e. The van der Waals surface area contributed by atoms with Crippen molar-refractivity contribution in [2.24, 2.45) is 0 Å². The Morgan fingerprint density at radius 1 is 1.10 bits per heavy atom. The van der Waals surface area contributed by atoms with Crippen LogP contribution in [0.4, 0.5) is 0 Å². The fraction of sp³-hybridized carbons (Fsp3) is 0.643. The van der Waals surface area contributed by atoms with Gasteiger partial charge in [0.05, 0.1) is 0 Å². The third kappa shape index (κ3) is 12.2. The predicted octanol–water partition coefficient (Wildman–Crippen LogP) is -0.596. The van der Waals surface area contributed by atoms with E-state index in [9.17, 15) is 0 Å². The molecule has 1 N–H and O–H groups in total. The number of aliphatic hydroxyl groups is 1. The van der Waals surface area contributed by atoms with Crippen LogP contribution >= 0.6 is 11.6 Å². The first-order chi connectivity index (χ1) is 9.23. The van der Waals surface area contributed by atoms with Crippen LogP contribution in [0.25, 0.3) is 0 Å². The van der Waals surface area contributed by atoms with Crippen LogP contribution in [-0.4, -0.2) is 35.5 Å². The van der Waals surface area contributed by atoms with E-state index in [1.807, 2.05) is 27.7 Å². The van der Waals surface area contributed by atoms with Gasteiger partial charge in [-0.3, -0.25) is 4.98 Å². The Bertz CT molecular complexity index is 368. The van der Waals surface area contributed by atoms with Crippen LogP contribution in [0.3, 0.4) is 0 Å². The summed E-state index contributed by atoms with van der Waals surface area (Å²) in [5, 5.41) is 8.66. The molecule has 0 saturated carbocycles. The fourth-order valence-corrected chi connectivity index (χ4v) is 1.66. The molecule has 7 heteroatoms. The summed E-state index contributed by atoms with van der Waals surface area (Å²) in [7, 11) is -1.40. The molecule has 1 rings (SSSR count). The van der Waals surface area contributed by atoms with Gasteiger partial charge in [0, 0.05) is 29.5 Å². The van der Waals surface area contributed by atoms with Crippen molar-refractivity contribution in [3.05, 3.63) is 23.4 Å². The summed E-state index contributed by atoms with van der Waals surface area (Å²) in [6.07, 6.45) is 1.72. The maximum absolute atomic E-state index is 8.06. The van der Waals surface area contributed by atoms with Gasteiger partial charge in [-0.05, 0) is 59.3 Å². The topological polar surface area (TPSA) is 51.6 Å². The van der Waals surface area contributed by atoms with Gasteiger partial charge in [-0.15, -0.1) is 0 Å². The van der Waals surface area contributed by atoms with Gasteiger partial charge in [0.1, 0.15) is 0 Å². The number of hydrogen-bond acceptors (Lipinski definition) is 4. The first kappa shape index (κ1) is 23.3. The van der Waals surface area contributed by atoms with Crippen molar-refractivity contribution >= 4 is 24.3 Å². The molecule has 0 aliphatic heterocycles. The van der Waals surface area contributed by atoms with E-state index in [0.29, 0.717) is 10.6 Å². The van der Waals surface area contributed by atoms with E-state index in [1.165, 1.54) is 0 Å². The van der Waals surface area contributed by atoms with Crippen molar-refractivity contribution in [3.8, 4) is 0 Å². The normalized spacial score (nSPS) is 10.7. The third-order valence-corrected chi connectivity index (χ3v) is 2.42. The summed E-state index contributed by atoms with van der Waals surface area (Å²) in [4.78, 5) is 4.24. The molecule has 1 aromatic heterocycles. The average Bonchev–Trinajstić information content (AvgIpc) is 2.26. The van der Waals surface area contributed by atoms with Gasteiger partial charge >= 0.3 is 18.9 Å². The molecule has 0 bridgehead atoms. The van der Waals surface area contributed by atoms with E-state index in [1.54, 1.807) is 32.2 Å². The number of hydrogen-bond donors (Lipinski definition) is 1. The molecule has 4 nitrogen and oxygen atoms in total. The largest absolute Gasteiger partial charge is 1.00 e. The van der Waals surface area contributed by atoms with Gasteiger partial charge in [0.25, 0.3) is 7.12 Å². The van der Waals surface area contributed by atoms with E-state index in [-0.39, 0.29) is 37.2 Å². The molecule has 116 valence electrons. The summed E-state index contributed by atoms with van der Waals surface area (Å²) in [6, 6.07) is 3.60. The van der Waals surface area contributed by atoms with E-state index in [2.05, 4.69) is 4.98 Å². The van der Waals surface area contributed by atoms with E-state index < -0.39 is 7.12 Å². The molecule has 0 aliphatic rings. The molecule has 0 saturated heterocycles. The van der Waals surface area contributed by atoms with Gasteiger partial charge < -0.3 is 14.4 Å². The maximum atomic E-state index is 8.06. The van der Waals surface area contributed by atoms with Crippen LogP contribution in [0.5, 0.6) is 0 Å². The zero-order valence-electron chi connectivity index (χ0n) is 14.3. The standard InChI is InChI=1S/C11H18BClNO2.C3H8O.Li/c1-8(2)15-12(16-9(3)4)11-10(13)6-5-7-14-11;1-3(2)4;/h5-9,12H,1-4H3;3-4H,1-2H3;/q-1;;+1. The summed E-state index contributed by atoms with van der Waals surface area (Å²) < 4.78 is 11.5. The zero-order valence-corrected chi connectivity index (χ0v) is 15.0. The first-order valence-corrected chi connectivity index (χ1v) is 7.38. The van der Waals surface area contributed by atoms with Crippen molar-refractivity contribution in [1.82, 2.24) is 4.98 Å². The van der Waals surface area contributed by atoms with Crippen LogP contribution in [0.15, 0.2) is 18.3 Å². The minimum absolute atomic E-state index is 0. The molecule has 0 amide bonds. The Morgan fingerprint density at radius 3 is 1.86 bits per heavy atom. The minimum atomic E-state index is -1.40. The second kappa shape index (κ2) is 12.5. The van der Waals surface area contributed by atoms with Gasteiger partial charge in [-0.25, -0.2) is 0 Å². The summed E-state index contributed by atoms with van der Waals surface area (Å²) in [5.41, 5.74) is 0.714. The van der Waals surface area contributed by atoms with Crippen molar-refractivity contribution in [1.29, 1.82) is 0 Å². The van der Waals surface area contributed by atoms with Gasteiger partial charge in [0.2, 0.25) is 0 Å². The number of nitrogens with zero attached hydrogens (tertiary/aromatic N) is 1. The van der Waals surface area contributed by atoms with Gasteiger partial charge in [0.15, 0.2) is 0 Å².